The van der Waals surface area contributed by atoms with Gasteiger partial charge in [-0.15, -0.1) is 0 Å². The highest BCUT2D eigenvalue weighted by Crippen LogP contribution is 2.40. The minimum Gasteiger partial charge on any atom is -0.507 e. The summed E-state index contributed by atoms with van der Waals surface area (Å²) in [5.41, 5.74) is 3.06. The highest BCUT2D eigenvalue weighted by Gasteiger charge is 2.27. The summed E-state index contributed by atoms with van der Waals surface area (Å²) >= 11 is 5.99. The van der Waals surface area contributed by atoms with Gasteiger partial charge in [-0.05, 0) is 23.8 Å². The van der Waals surface area contributed by atoms with Gasteiger partial charge in [0.1, 0.15) is 11.5 Å². The fraction of sp³-hybridized carbons (Fsp3) is 0.250. The molecule has 0 amide bonds. The van der Waals surface area contributed by atoms with Crippen molar-refractivity contribution >= 4 is 21.4 Å². The van der Waals surface area contributed by atoms with Gasteiger partial charge in [0.25, 0.3) is 0 Å². The summed E-state index contributed by atoms with van der Waals surface area (Å²) in [4.78, 5) is 2.49. The lowest BCUT2D eigenvalue weighted by Gasteiger charge is -2.26. The molecule has 29 heavy (non-hydrogen) atoms. The van der Waals surface area contributed by atoms with Gasteiger partial charge in [0.15, 0.2) is 15.6 Å². The zero-order valence-corrected chi connectivity index (χ0v) is 17.2. The van der Waals surface area contributed by atoms with E-state index in [4.69, 9.17) is 16.1 Å². The molecule has 2 aromatic carbocycles. The number of hydrogen-bond donors (Lipinski definition) is 2. The molecule has 0 unspecified atom stereocenters. The largest absolute Gasteiger partial charge is 0.507 e. The van der Waals surface area contributed by atoms with E-state index in [1.165, 1.54) is 18.4 Å². The van der Waals surface area contributed by atoms with E-state index in [-0.39, 0.29) is 16.5 Å². The van der Waals surface area contributed by atoms with Crippen molar-refractivity contribution in [3.63, 3.8) is 0 Å². The monoisotopic (exact) mass is 434 g/mol. The van der Waals surface area contributed by atoms with Crippen LogP contribution in [0.4, 0.5) is 0 Å². The lowest BCUT2D eigenvalue weighted by molar-refractivity contribution is 0.245. The van der Waals surface area contributed by atoms with Crippen molar-refractivity contribution in [1.82, 2.24) is 10.1 Å². The van der Waals surface area contributed by atoms with E-state index in [0.717, 1.165) is 23.4 Å². The van der Waals surface area contributed by atoms with Gasteiger partial charge in [-0.3, -0.25) is 4.90 Å². The lowest BCUT2D eigenvalue weighted by atomic mass is 10.0. The van der Waals surface area contributed by atoms with E-state index < -0.39 is 9.84 Å². The van der Waals surface area contributed by atoms with Crippen LogP contribution in [0.2, 0.25) is 5.02 Å². The first kappa shape index (κ1) is 19.8. The maximum absolute atomic E-state index is 11.6. The number of nitrogens with zero attached hydrogens (tertiary/aromatic N) is 2. The first-order valence-corrected chi connectivity index (χ1v) is 11.2. The molecule has 0 aliphatic carbocycles. The third-order valence-corrected chi connectivity index (χ3v) is 6.41. The summed E-state index contributed by atoms with van der Waals surface area (Å²) in [5, 5.41) is 24.1. The summed E-state index contributed by atoms with van der Waals surface area (Å²) < 4.78 is 28.7. The average molecular weight is 435 g/mol. The van der Waals surface area contributed by atoms with Gasteiger partial charge in [-0.25, -0.2) is 8.42 Å². The fourth-order valence-electron chi connectivity index (χ4n) is 3.45. The first-order valence-electron chi connectivity index (χ1n) is 8.93. The molecule has 0 radical (unpaired) electrons. The first-order chi connectivity index (χ1) is 13.7. The van der Waals surface area contributed by atoms with Crippen molar-refractivity contribution in [2.24, 2.45) is 0 Å². The average Bonchev–Trinajstić information content (AvgIpc) is 3.07. The Balaban J connectivity index is 1.58. The Labute approximate surface area is 173 Å². The maximum atomic E-state index is 11.6. The molecule has 0 saturated heterocycles. The number of phenolic OH excluding ortho intramolecular Hbond substituents is 2. The number of fused-ring (bicyclic) bond motifs is 1. The van der Waals surface area contributed by atoms with Crippen LogP contribution in [0.25, 0.3) is 11.3 Å². The second-order valence-corrected chi connectivity index (χ2v) is 9.56. The van der Waals surface area contributed by atoms with E-state index in [9.17, 15) is 18.6 Å². The SMILES string of the molecule is CS(=O)(=O)c1ccc(CN2CCc3noc(-c4cc(Cl)c(O)cc4O)c3C2)cc1. The van der Waals surface area contributed by atoms with Crippen molar-refractivity contribution < 1.29 is 23.2 Å². The standard InChI is InChI=1S/C20H19ClN2O5S/c1-29(26,27)13-4-2-12(3-5-13)10-23-7-6-17-15(11-23)20(28-22-17)14-8-16(21)19(25)9-18(14)24/h2-5,8-9,24-25H,6-7,10-11H2,1H3. The van der Waals surface area contributed by atoms with Crippen molar-refractivity contribution in [2.75, 3.05) is 12.8 Å². The molecule has 2 N–H and O–H groups in total. The summed E-state index contributed by atoms with van der Waals surface area (Å²) in [7, 11) is -3.22. The molecule has 4 rings (SSSR count). The van der Waals surface area contributed by atoms with Gasteiger partial charge in [0.05, 0.1) is 21.2 Å². The number of phenols is 2. The van der Waals surface area contributed by atoms with Crippen LogP contribution in [0.1, 0.15) is 16.8 Å². The number of sulfone groups is 1. The number of hydrogen-bond acceptors (Lipinski definition) is 7. The Morgan fingerprint density at radius 2 is 1.90 bits per heavy atom. The second-order valence-electron chi connectivity index (χ2n) is 7.13. The number of aromatic nitrogens is 1. The number of benzene rings is 2. The summed E-state index contributed by atoms with van der Waals surface area (Å²) in [6.07, 6.45) is 1.87. The van der Waals surface area contributed by atoms with E-state index in [1.54, 1.807) is 12.1 Å². The minimum absolute atomic E-state index is 0.113. The molecule has 1 aromatic heterocycles. The van der Waals surface area contributed by atoms with Crippen LogP contribution >= 0.6 is 11.6 Å². The molecule has 9 heteroatoms. The third-order valence-electron chi connectivity index (χ3n) is 4.98. The van der Waals surface area contributed by atoms with E-state index in [2.05, 4.69) is 10.1 Å². The fourth-order valence-corrected chi connectivity index (χ4v) is 4.24. The van der Waals surface area contributed by atoms with Crippen LogP contribution in [0.3, 0.4) is 0 Å². The molecule has 1 aliphatic heterocycles. The van der Waals surface area contributed by atoms with Gasteiger partial charge in [0.2, 0.25) is 0 Å². The zero-order valence-electron chi connectivity index (χ0n) is 15.6. The summed E-state index contributed by atoms with van der Waals surface area (Å²) in [5.74, 6) is 0.0799. The van der Waals surface area contributed by atoms with Gasteiger partial charge >= 0.3 is 0 Å². The molecular formula is C20H19ClN2O5S. The van der Waals surface area contributed by atoms with Crippen LogP contribution < -0.4 is 0 Å². The molecule has 0 fully saturated rings. The Kier molecular flexibility index (Phi) is 5.02. The number of rotatable bonds is 4. The molecular weight excluding hydrogens is 416 g/mol. The Morgan fingerprint density at radius 3 is 2.59 bits per heavy atom. The minimum atomic E-state index is -3.22. The predicted octanol–water partition coefficient (Wildman–Crippen LogP) is 3.37. The van der Waals surface area contributed by atoms with Gasteiger partial charge in [-0.2, -0.15) is 0 Å². The van der Waals surface area contributed by atoms with E-state index in [0.29, 0.717) is 35.7 Å². The molecule has 7 nitrogen and oxygen atoms in total. The zero-order chi connectivity index (χ0) is 20.8. The van der Waals surface area contributed by atoms with Gasteiger partial charge in [0, 0.05) is 43.9 Å². The normalized spacial score (nSPS) is 14.7. The molecule has 0 atom stereocenters. The number of aromatic hydroxyl groups is 2. The smallest absolute Gasteiger partial charge is 0.175 e. The van der Waals surface area contributed by atoms with Crippen molar-refractivity contribution in [3.8, 4) is 22.8 Å². The van der Waals surface area contributed by atoms with Crippen LogP contribution in [0.15, 0.2) is 45.8 Å². The molecule has 0 saturated carbocycles. The van der Waals surface area contributed by atoms with Crippen molar-refractivity contribution in [1.29, 1.82) is 0 Å². The Hall–Kier alpha value is -2.55. The maximum Gasteiger partial charge on any atom is 0.175 e. The lowest BCUT2D eigenvalue weighted by Crippen LogP contribution is -2.30. The molecule has 0 bridgehead atoms. The Morgan fingerprint density at radius 1 is 1.17 bits per heavy atom. The van der Waals surface area contributed by atoms with Crippen molar-refractivity contribution in [2.45, 2.75) is 24.4 Å². The highest BCUT2D eigenvalue weighted by atomic mass is 35.5. The summed E-state index contributed by atoms with van der Waals surface area (Å²) in [6.45, 7) is 1.96. The Bertz CT molecular complexity index is 1170. The second kappa shape index (κ2) is 7.37. The van der Waals surface area contributed by atoms with Crippen LogP contribution in [-0.2, 0) is 29.3 Å². The van der Waals surface area contributed by atoms with Gasteiger partial charge in [-0.1, -0.05) is 28.9 Å². The molecule has 1 aliphatic rings. The summed E-state index contributed by atoms with van der Waals surface area (Å²) in [6, 6.07) is 9.48. The van der Waals surface area contributed by atoms with Crippen LogP contribution in [0.5, 0.6) is 11.5 Å². The molecule has 3 aromatic rings. The quantitative estimate of drug-likeness (QED) is 0.648. The van der Waals surface area contributed by atoms with Crippen LogP contribution in [-0.4, -0.2) is 41.5 Å². The van der Waals surface area contributed by atoms with Gasteiger partial charge < -0.3 is 14.7 Å². The van der Waals surface area contributed by atoms with E-state index >= 15 is 0 Å². The number of halogens is 1. The van der Waals surface area contributed by atoms with Crippen molar-refractivity contribution in [3.05, 3.63) is 58.2 Å². The van der Waals surface area contributed by atoms with Crippen LogP contribution in [0, 0.1) is 0 Å². The topological polar surface area (TPSA) is 104 Å². The molecule has 2 heterocycles. The molecule has 152 valence electrons. The highest BCUT2D eigenvalue weighted by molar-refractivity contribution is 7.90. The van der Waals surface area contributed by atoms with E-state index in [1.807, 2.05) is 12.1 Å². The molecule has 0 spiro atoms. The predicted molar refractivity (Wildman–Crippen MR) is 108 cm³/mol. The third kappa shape index (κ3) is 3.96.